The lowest BCUT2D eigenvalue weighted by atomic mass is 10.3. The molecule has 0 saturated heterocycles. The second-order valence-electron chi connectivity index (χ2n) is 6.65. The molecule has 3 aromatic carbocycles. The molecule has 32 heavy (non-hydrogen) atoms. The second kappa shape index (κ2) is 8.14. The van der Waals surface area contributed by atoms with E-state index in [0.717, 1.165) is 11.7 Å². The number of anilines is 3. The Morgan fingerprint density at radius 2 is 1.53 bits per heavy atom. The van der Waals surface area contributed by atoms with Gasteiger partial charge in [0.15, 0.2) is 11.6 Å². The summed E-state index contributed by atoms with van der Waals surface area (Å²) in [6.45, 7) is 0. The number of hydrogen-bond acceptors (Lipinski definition) is 8. The maximum absolute atomic E-state index is 13.3. The van der Waals surface area contributed by atoms with Crippen molar-refractivity contribution in [2.45, 2.75) is 4.90 Å². The first-order chi connectivity index (χ1) is 15.4. The van der Waals surface area contributed by atoms with E-state index in [1.807, 2.05) is 6.07 Å². The molecule has 0 aliphatic carbocycles. The molecule has 12 heteroatoms. The van der Waals surface area contributed by atoms with Gasteiger partial charge >= 0.3 is 0 Å². The zero-order valence-corrected chi connectivity index (χ0v) is 19.1. The van der Waals surface area contributed by atoms with Crippen LogP contribution in [0.15, 0.2) is 65.6 Å². The van der Waals surface area contributed by atoms with Crippen LogP contribution in [0.4, 0.5) is 17.3 Å². The number of rotatable bonds is 5. The summed E-state index contributed by atoms with van der Waals surface area (Å²) in [5.41, 5.74) is 2.37. The van der Waals surface area contributed by atoms with E-state index in [1.54, 1.807) is 48.5 Å². The fourth-order valence-electron chi connectivity index (χ4n) is 3.06. The number of sulfonamides is 1. The highest BCUT2D eigenvalue weighted by atomic mass is 35.5. The third-order valence-corrected chi connectivity index (χ3v) is 6.99. The van der Waals surface area contributed by atoms with Crippen LogP contribution in [0.3, 0.4) is 0 Å². The summed E-state index contributed by atoms with van der Waals surface area (Å²) in [5.74, 6) is 0.190. The zero-order valence-electron chi connectivity index (χ0n) is 16.0. The van der Waals surface area contributed by atoms with Crippen molar-refractivity contribution in [1.29, 1.82) is 0 Å². The molecule has 2 aromatic heterocycles. The molecule has 2 heterocycles. The molecule has 0 fully saturated rings. The highest BCUT2D eigenvalue weighted by Gasteiger charge is 2.23. The summed E-state index contributed by atoms with van der Waals surface area (Å²) in [5, 5.41) is 3.86. The van der Waals surface area contributed by atoms with Gasteiger partial charge in [-0.15, -0.1) is 0 Å². The van der Waals surface area contributed by atoms with Gasteiger partial charge in [0.05, 0.1) is 33.5 Å². The Morgan fingerprint density at radius 3 is 2.28 bits per heavy atom. The first-order valence-corrected chi connectivity index (χ1v) is 12.1. The first-order valence-electron chi connectivity index (χ1n) is 9.14. The molecule has 5 rings (SSSR count). The monoisotopic (exact) mass is 502 g/mol. The fourth-order valence-corrected chi connectivity index (χ4v) is 5.29. The van der Waals surface area contributed by atoms with Crippen LogP contribution in [-0.2, 0) is 10.0 Å². The first kappa shape index (κ1) is 20.8. The van der Waals surface area contributed by atoms with Crippen LogP contribution in [-0.4, -0.2) is 27.1 Å². The van der Waals surface area contributed by atoms with Crippen molar-refractivity contribution in [3.05, 3.63) is 70.7 Å². The molecule has 0 bridgehead atoms. The fraction of sp³-hybridized carbons (Fsp3) is 0. The Labute approximate surface area is 196 Å². The highest BCUT2D eigenvalue weighted by molar-refractivity contribution is 7.93. The zero-order chi connectivity index (χ0) is 22.3. The average molecular weight is 503 g/mol. The number of nitrogens with zero attached hydrogens (tertiary/aromatic N) is 4. The third-order valence-electron chi connectivity index (χ3n) is 4.52. The molecule has 0 saturated carbocycles. The molecule has 0 amide bonds. The predicted molar refractivity (Wildman–Crippen MR) is 128 cm³/mol. The molecule has 5 aromatic rings. The lowest BCUT2D eigenvalue weighted by molar-refractivity contribution is 0.602. The van der Waals surface area contributed by atoms with E-state index in [0.29, 0.717) is 32.3 Å². The van der Waals surface area contributed by atoms with E-state index < -0.39 is 10.0 Å². The van der Waals surface area contributed by atoms with E-state index in [1.165, 1.54) is 6.07 Å². The Kier molecular flexibility index (Phi) is 5.30. The van der Waals surface area contributed by atoms with Crippen LogP contribution in [0.1, 0.15) is 0 Å². The molecule has 0 atom stereocenters. The van der Waals surface area contributed by atoms with Gasteiger partial charge in [-0.1, -0.05) is 41.4 Å². The number of fused-ring (bicyclic) bond motifs is 2. The van der Waals surface area contributed by atoms with Crippen LogP contribution >= 0.6 is 34.9 Å². The van der Waals surface area contributed by atoms with Gasteiger partial charge in [0, 0.05) is 5.02 Å². The van der Waals surface area contributed by atoms with Crippen molar-refractivity contribution < 1.29 is 8.42 Å². The number of hydrogen-bond donors (Lipinski definition) is 2. The Bertz CT molecular complexity index is 1590. The molecule has 0 spiro atoms. The van der Waals surface area contributed by atoms with Gasteiger partial charge in [-0.3, -0.25) is 4.72 Å². The average Bonchev–Trinajstić information content (AvgIpc) is 3.24. The van der Waals surface area contributed by atoms with Crippen LogP contribution in [0.2, 0.25) is 10.0 Å². The Hall–Kier alpha value is -3.05. The SMILES string of the molecule is O=S(=O)(Nc1nc2ccccc2nc1Nc1ccc(Cl)cc1Cl)c1cccc2nsnc12. The summed E-state index contributed by atoms with van der Waals surface area (Å²) in [6.07, 6.45) is 0. The Balaban J connectivity index is 1.62. The minimum atomic E-state index is -4.05. The number of benzene rings is 3. The van der Waals surface area contributed by atoms with Gasteiger partial charge in [0.1, 0.15) is 15.9 Å². The third kappa shape index (κ3) is 3.93. The quantitative estimate of drug-likeness (QED) is 0.327. The molecule has 160 valence electrons. The minimum absolute atomic E-state index is 0.00539. The van der Waals surface area contributed by atoms with Crippen molar-refractivity contribution in [2.24, 2.45) is 0 Å². The van der Waals surface area contributed by atoms with Crippen molar-refractivity contribution in [3.63, 3.8) is 0 Å². The number of halogens is 2. The summed E-state index contributed by atoms with van der Waals surface area (Å²) in [7, 11) is -4.05. The molecule has 0 radical (unpaired) electrons. The van der Waals surface area contributed by atoms with E-state index >= 15 is 0 Å². The molecular formula is C20H12Cl2N6O2S2. The lowest BCUT2D eigenvalue weighted by Crippen LogP contribution is -2.16. The number of para-hydroxylation sites is 2. The predicted octanol–water partition coefficient (Wildman–Crippen LogP) is 5.49. The summed E-state index contributed by atoms with van der Waals surface area (Å²) in [6, 6.07) is 16.8. The summed E-state index contributed by atoms with van der Waals surface area (Å²) < 4.78 is 37.3. The van der Waals surface area contributed by atoms with Gasteiger partial charge < -0.3 is 5.32 Å². The van der Waals surface area contributed by atoms with Crippen molar-refractivity contribution >= 4 is 84.3 Å². The summed E-state index contributed by atoms with van der Waals surface area (Å²) >= 11 is 13.2. The second-order valence-corrected chi connectivity index (χ2v) is 9.68. The lowest BCUT2D eigenvalue weighted by Gasteiger charge is -2.14. The number of nitrogens with one attached hydrogen (secondary N) is 2. The summed E-state index contributed by atoms with van der Waals surface area (Å²) in [4.78, 5) is 9.02. The van der Waals surface area contributed by atoms with Gasteiger partial charge in [-0.05, 0) is 42.5 Å². The van der Waals surface area contributed by atoms with Crippen molar-refractivity contribution in [2.75, 3.05) is 10.0 Å². The number of aromatic nitrogens is 4. The molecule has 0 unspecified atom stereocenters. The normalized spacial score (nSPS) is 11.7. The molecule has 2 N–H and O–H groups in total. The van der Waals surface area contributed by atoms with Gasteiger partial charge in [-0.2, -0.15) is 8.75 Å². The van der Waals surface area contributed by atoms with Crippen molar-refractivity contribution in [1.82, 2.24) is 18.7 Å². The topological polar surface area (TPSA) is 110 Å². The van der Waals surface area contributed by atoms with E-state index in [4.69, 9.17) is 23.2 Å². The largest absolute Gasteiger partial charge is 0.336 e. The molecule has 8 nitrogen and oxygen atoms in total. The van der Waals surface area contributed by atoms with Crippen LogP contribution < -0.4 is 10.0 Å². The van der Waals surface area contributed by atoms with E-state index in [9.17, 15) is 8.42 Å². The van der Waals surface area contributed by atoms with Crippen LogP contribution in [0, 0.1) is 0 Å². The van der Waals surface area contributed by atoms with E-state index in [2.05, 4.69) is 28.8 Å². The van der Waals surface area contributed by atoms with Gasteiger partial charge in [0.2, 0.25) is 0 Å². The molecule has 0 aliphatic heterocycles. The standard InChI is InChI=1S/C20H12Cl2N6O2S2/c21-11-8-9-13(12(22)10-11)23-19-20(25-15-5-2-1-4-14(15)24-19)28-32(29,30)17-7-3-6-16-18(17)27-31-26-16/h1-10H,(H,23,24)(H,25,28). The van der Waals surface area contributed by atoms with Crippen LogP contribution in [0.5, 0.6) is 0 Å². The van der Waals surface area contributed by atoms with Crippen molar-refractivity contribution in [3.8, 4) is 0 Å². The maximum Gasteiger partial charge on any atom is 0.265 e. The molecule has 0 aliphatic rings. The van der Waals surface area contributed by atoms with Crippen LogP contribution in [0.25, 0.3) is 22.1 Å². The highest BCUT2D eigenvalue weighted by Crippen LogP contribution is 2.32. The van der Waals surface area contributed by atoms with E-state index in [-0.39, 0.29) is 22.0 Å². The van der Waals surface area contributed by atoms with Gasteiger partial charge in [0.25, 0.3) is 10.0 Å². The van der Waals surface area contributed by atoms with Gasteiger partial charge in [-0.25, -0.2) is 18.4 Å². The minimum Gasteiger partial charge on any atom is -0.336 e. The maximum atomic E-state index is 13.3. The smallest absolute Gasteiger partial charge is 0.265 e. The molecular weight excluding hydrogens is 491 g/mol. The Morgan fingerprint density at radius 1 is 0.812 bits per heavy atom.